The Balaban J connectivity index is 1.94. The fourth-order valence-corrected chi connectivity index (χ4v) is 4.10. The zero-order chi connectivity index (χ0) is 21.4. The summed E-state index contributed by atoms with van der Waals surface area (Å²) >= 11 is 0. The molecular weight excluding hydrogens is 374 g/mol. The molecule has 4 atom stereocenters. The first-order chi connectivity index (χ1) is 13.5. The van der Waals surface area contributed by atoms with Gasteiger partial charge in [-0.1, -0.05) is 30.3 Å². The van der Waals surface area contributed by atoms with Gasteiger partial charge in [-0.2, -0.15) is 0 Å². The first kappa shape index (κ1) is 21.3. The van der Waals surface area contributed by atoms with Crippen molar-refractivity contribution in [2.24, 2.45) is 11.3 Å². The van der Waals surface area contributed by atoms with E-state index in [0.29, 0.717) is 0 Å². The maximum Gasteiger partial charge on any atom is 0.315 e. The molecule has 3 rings (SSSR count). The van der Waals surface area contributed by atoms with Crippen molar-refractivity contribution in [3.63, 3.8) is 0 Å². The van der Waals surface area contributed by atoms with Gasteiger partial charge in [0.15, 0.2) is 0 Å². The second kappa shape index (κ2) is 7.78. The van der Waals surface area contributed by atoms with E-state index in [2.05, 4.69) is 0 Å². The predicted octanol–water partition coefficient (Wildman–Crippen LogP) is 2.84. The minimum Gasteiger partial charge on any atom is -0.459 e. The number of carbonyl (C=O) groups excluding carboxylic acids is 3. The molecule has 1 amide bonds. The molecule has 1 unspecified atom stereocenters. The van der Waals surface area contributed by atoms with Gasteiger partial charge in [-0.15, -0.1) is 0 Å². The van der Waals surface area contributed by atoms with Crippen LogP contribution in [-0.2, 0) is 28.6 Å². The Morgan fingerprint density at radius 2 is 1.90 bits per heavy atom. The Kier molecular flexibility index (Phi) is 5.72. The molecule has 0 spiro atoms. The van der Waals surface area contributed by atoms with Crippen LogP contribution in [0.1, 0.15) is 52.6 Å². The van der Waals surface area contributed by atoms with E-state index in [4.69, 9.17) is 14.2 Å². The van der Waals surface area contributed by atoms with Gasteiger partial charge in [0.25, 0.3) is 0 Å². The van der Waals surface area contributed by atoms with Gasteiger partial charge in [0.1, 0.15) is 11.0 Å². The molecule has 0 bridgehead atoms. The first-order valence-corrected chi connectivity index (χ1v) is 9.91. The molecule has 0 aliphatic carbocycles. The lowest BCUT2D eigenvalue weighted by Crippen LogP contribution is -2.51. The third kappa shape index (κ3) is 4.29. The van der Waals surface area contributed by atoms with E-state index in [9.17, 15) is 14.4 Å². The molecule has 7 nitrogen and oxygen atoms in total. The summed E-state index contributed by atoms with van der Waals surface area (Å²) in [5.74, 6) is -1.76. The molecule has 2 heterocycles. The fourth-order valence-electron chi connectivity index (χ4n) is 4.10. The van der Waals surface area contributed by atoms with Crippen LogP contribution in [0.2, 0.25) is 0 Å². The third-order valence-electron chi connectivity index (χ3n) is 5.53. The van der Waals surface area contributed by atoms with E-state index >= 15 is 0 Å². The lowest BCUT2D eigenvalue weighted by Gasteiger charge is -2.39. The van der Waals surface area contributed by atoms with Crippen LogP contribution < -0.4 is 0 Å². The number of ether oxygens (including phenoxy) is 3. The van der Waals surface area contributed by atoms with Gasteiger partial charge < -0.3 is 19.1 Å². The standard InChI is InChI=1S/C22H29NO6/c1-14(16-9-7-6-8-10-16)23-13-22(20(26)29-21(3,4)5)11-18(28-15(2)24)27-12-17(22)19(23)25/h6-10,14,17-18H,11-13H2,1-5H3/t14-,17+,18?,22-/m1/s1. The van der Waals surface area contributed by atoms with Gasteiger partial charge >= 0.3 is 11.9 Å². The molecule has 2 saturated heterocycles. The van der Waals surface area contributed by atoms with Gasteiger partial charge in [-0.3, -0.25) is 14.4 Å². The zero-order valence-electron chi connectivity index (χ0n) is 17.6. The number of carbonyl (C=O) groups is 3. The highest BCUT2D eigenvalue weighted by atomic mass is 16.7. The van der Waals surface area contributed by atoms with Crippen LogP contribution in [0.3, 0.4) is 0 Å². The molecule has 0 N–H and O–H groups in total. The second-order valence-electron chi connectivity index (χ2n) is 8.84. The number of amides is 1. The average molecular weight is 403 g/mol. The number of nitrogens with zero attached hydrogens (tertiary/aromatic N) is 1. The molecule has 29 heavy (non-hydrogen) atoms. The number of esters is 2. The highest BCUT2D eigenvalue weighted by molar-refractivity contribution is 5.92. The summed E-state index contributed by atoms with van der Waals surface area (Å²) in [5.41, 5.74) is -0.838. The Bertz CT molecular complexity index is 786. The molecule has 2 aliphatic heterocycles. The Morgan fingerprint density at radius 1 is 1.24 bits per heavy atom. The van der Waals surface area contributed by atoms with Crippen molar-refractivity contribution in [1.29, 1.82) is 0 Å². The maximum atomic E-state index is 13.3. The van der Waals surface area contributed by atoms with Crippen LogP contribution in [0, 0.1) is 11.3 Å². The van der Waals surface area contributed by atoms with Crippen molar-refractivity contribution < 1.29 is 28.6 Å². The molecular formula is C22H29NO6. The van der Waals surface area contributed by atoms with Crippen LogP contribution >= 0.6 is 0 Å². The monoisotopic (exact) mass is 403 g/mol. The number of fused-ring (bicyclic) bond motifs is 1. The van der Waals surface area contributed by atoms with E-state index in [1.807, 2.05) is 37.3 Å². The molecule has 158 valence electrons. The fraction of sp³-hybridized carbons (Fsp3) is 0.591. The molecule has 0 aromatic heterocycles. The largest absolute Gasteiger partial charge is 0.459 e. The van der Waals surface area contributed by atoms with Crippen LogP contribution in [0.4, 0.5) is 0 Å². The summed E-state index contributed by atoms with van der Waals surface area (Å²) in [4.78, 5) is 39.7. The summed E-state index contributed by atoms with van der Waals surface area (Å²) in [6.45, 7) is 8.81. The van der Waals surface area contributed by atoms with Gasteiger partial charge in [0.2, 0.25) is 12.2 Å². The number of hydrogen-bond donors (Lipinski definition) is 0. The van der Waals surface area contributed by atoms with Crippen molar-refractivity contribution in [2.75, 3.05) is 13.2 Å². The molecule has 0 saturated carbocycles. The van der Waals surface area contributed by atoms with Crippen LogP contribution in [-0.4, -0.2) is 47.8 Å². The molecule has 1 aromatic rings. The van der Waals surface area contributed by atoms with Crippen molar-refractivity contribution >= 4 is 17.8 Å². The SMILES string of the molecule is CC(=O)OC1C[C@@]2(C(=O)OC(C)(C)C)CN([C@H](C)c3ccccc3)C(=O)[C@@H]2CO1. The third-order valence-corrected chi connectivity index (χ3v) is 5.53. The van der Waals surface area contributed by atoms with E-state index < -0.39 is 35.2 Å². The Labute approximate surface area is 171 Å². The molecule has 1 aromatic carbocycles. The van der Waals surface area contributed by atoms with Gasteiger partial charge in [0, 0.05) is 19.9 Å². The van der Waals surface area contributed by atoms with Crippen molar-refractivity contribution in [3.05, 3.63) is 35.9 Å². The lowest BCUT2D eigenvalue weighted by molar-refractivity contribution is -0.218. The predicted molar refractivity (Wildman–Crippen MR) is 104 cm³/mol. The van der Waals surface area contributed by atoms with Crippen molar-refractivity contribution in [1.82, 2.24) is 4.90 Å². The minimum atomic E-state index is -1.12. The quantitative estimate of drug-likeness (QED) is 0.719. The van der Waals surface area contributed by atoms with Gasteiger partial charge in [-0.05, 0) is 33.3 Å². The zero-order valence-corrected chi connectivity index (χ0v) is 17.6. The van der Waals surface area contributed by atoms with Gasteiger partial charge in [0.05, 0.1) is 18.6 Å². The lowest BCUT2D eigenvalue weighted by atomic mass is 9.73. The number of likely N-dealkylation sites (tertiary alicyclic amines) is 1. The summed E-state index contributed by atoms with van der Waals surface area (Å²) in [6.07, 6.45) is -0.785. The van der Waals surface area contributed by atoms with Crippen molar-refractivity contribution in [3.8, 4) is 0 Å². The summed E-state index contributed by atoms with van der Waals surface area (Å²) < 4.78 is 16.5. The molecule has 2 aliphatic rings. The average Bonchev–Trinajstić information content (AvgIpc) is 2.93. The van der Waals surface area contributed by atoms with E-state index in [1.165, 1.54) is 6.92 Å². The number of hydrogen-bond acceptors (Lipinski definition) is 6. The van der Waals surface area contributed by atoms with Crippen LogP contribution in [0.5, 0.6) is 0 Å². The number of rotatable bonds is 4. The van der Waals surface area contributed by atoms with E-state index in [1.54, 1.807) is 25.7 Å². The topological polar surface area (TPSA) is 82.1 Å². The highest BCUT2D eigenvalue weighted by Crippen LogP contribution is 2.48. The van der Waals surface area contributed by atoms with Crippen molar-refractivity contribution in [2.45, 2.75) is 59.0 Å². The summed E-state index contributed by atoms with van der Waals surface area (Å²) in [7, 11) is 0. The number of benzene rings is 1. The van der Waals surface area contributed by atoms with Crippen LogP contribution in [0.15, 0.2) is 30.3 Å². The second-order valence-corrected chi connectivity index (χ2v) is 8.84. The minimum absolute atomic E-state index is 0.00797. The molecule has 0 radical (unpaired) electrons. The molecule has 2 fully saturated rings. The normalized spacial score (nSPS) is 27.9. The van der Waals surface area contributed by atoms with Gasteiger partial charge in [-0.25, -0.2) is 0 Å². The smallest absolute Gasteiger partial charge is 0.315 e. The summed E-state index contributed by atoms with van der Waals surface area (Å²) in [6, 6.07) is 9.46. The molecule has 7 heteroatoms. The Morgan fingerprint density at radius 3 is 2.48 bits per heavy atom. The first-order valence-electron chi connectivity index (χ1n) is 9.91. The highest BCUT2D eigenvalue weighted by Gasteiger charge is 2.62. The Hall–Kier alpha value is -2.41. The summed E-state index contributed by atoms with van der Waals surface area (Å²) in [5, 5.41) is 0. The maximum absolute atomic E-state index is 13.3. The van der Waals surface area contributed by atoms with Crippen LogP contribution in [0.25, 0.3) is 0 Å². The van der Waals surface area contributed by atoms with E-state index in [0.717, 1.165) is 5.56 Å². The van der Waals surface area contributed by atoms with E-state index in [-0.39, 0.29) is 31.5 Å².